The van der Waals surface area contributed by atoms with Gasteiger partial charge in [-0.2, -0.15) is 0 Å². The summed E-state index contributed by atoms with van der Waals surface area (Å²) in [6.07, 6.45) is 6.06. The highest BCUT2D eigenvalue weighted by Gasteiger charge is 2.39. The lowest BCUT2D eigenvalue weighted by atomic mass is 9.76. The molecule has 1 aliphatic heterocycles. The molecule has 3 rings (SSSR count). The first kappa shape index (κ1) is 15.6. The Kier molecular flexibility index (Phi) is 4.54. The molecule has 1 aromatic heterocycles. The monoisotopic (exact) mass is 306 g/mol. The van der Waals surface area contributed by atoms with Crippen LogP contribution in [0.2, 0.25) is 0 Å². The Bertz CT molecular complexity index is 524. The van der Waals surface area contributed by atoms with Gasteiger partial charge in [0.15, 0.2) is 5.76 Å². The molecule has 1 aromatic rings. The van der Waals surface area contributed by atoms with Crippen molar-refractivity contribution in [3.63, 3.8) is 0 Å². The van der Waals surface area contributed by atoms with E-state index < -0.39 is 0 Å². The van der Waals surface area contributed by atoms with Crippen LogP contribution in [-0.4, -0.2) is 42.7 Å². The van der Waals surface area contributed by atoms with E-state index in [1.165, 1.54) is 12.8 Å². The SMILES string of the molecule is CNC(=O)c1ccc(CN2CCC[C@](CO)(CC3CC3)C2)o1. The highest BCUT2D eigenvalue weighted by Crippen LogP contribution is 2.44. The number of amides is 1. The van der Waals surface area contributed by atoms with Crippen molar-refractivity contribution in [3.05, 3.63) is 23.7 Å². The topological polar surface area (TPSA) is 65.7 Å². The van der Waals surface area contributed by atoms with Crippen molar-refractivity contribution in [1.29, 1.82) is 0 Å². The molecular weight excluding hydrogens is 280 g/mol. The van der Waals surface area contributed by atoms with Gasteiger partial charge in [0, 0.05) is 25.6 Å². The van der Waals surface area contributed by atoms with Crippen LogP contribution >= 0.6 is 0 Å². The van der Waals surface area contributed by atoms with Gasteiger partial charge in [-0.05, 0) is 43.9 Å². The second-order valence-corrected chi connectivity index (χ2v) is 6.96. The van der Waals surface area contributed by atoms with Crippen LogP contribution in [0.25, 0.3) is 0 Å². The van der Waals surface area contributed by atoms with E-state index >= 15 is 0 Å². The van der Waals surface area contributed by atoms with Gasteiger partial charge in [-0.15, -0.1) is 0 Å². The Labute approximate surface area is 131 Å². The third kappa shape index (κ3) is 3.52. The molecule has 0 aromatic carbocycles. The van der Waals surface area contributed by atoms with E-state index in [2.05, 4.69) is 10.2 Å². The smallest absolute Gasteiger partial charge is 0.286 e. The Morgan fingerprint density at radius 3 is 3.00 bits per heavy atom. The van der Waals surface area contributed by atoms with Crippen LogP contribution < -0.4 is 5.32 Å². The number of hydrogen-bond acceptors (Lipinski definition) is 4. The fraction of sp³-hybridized carbons (Fsp3) is 0.706. The van der Waals surface area contributed by atoms with Gasteiger partial charge in [-0.1, -0.05) is 12.8 Å². The fourth-order valence-electron chi connectivity index (χ4n) is 3.67. The number of aliphatic hydroxyl groups excluding tert-OH is 1. The quantitative estimate of drug-likeness (QED) is 0.844. The third-order valence-corrected chi connectivity index (χ3v) is 4.99. The molecule has 2 fully saturated rings. The van der Waals surface area contributed by atoms with Gasteiger partial charge in [0.1, 0.15) is 5.76 Å². The zero-order valence-corrected chi connectivity index (χ0v) is 13.3. The lowest BCUT2D eigenvalue weighted by Crippen LogP contribution is -2.45. The van der Waals surface area contributed by atoms with E-state index in [-0.39, 0.29) is 17.9 Å². The normalized spacial score (nSPS) is 26.1. The molecule has 1 saturated heterocycles. The molecule has 0 unspecified atom stereocenters. The molecule has 0 bridgehead atoms. The molecule has 122 valence electrons. The molecule has 5 heteroatoms. The summed E-state index contributed by atoms with van der Waals surface area (Å²) >= 11 is 0. The average Bonchev–Trinajstić information content (AvgIpc) is 3.22. The van der Waals surface area contributed by atoms with Crippen LogP contribution in [0.3, 0.4) is 0 Å². The van der Waals surface area contributed by atoms with Crippen LogP contribution in [0.5, 0.6) is 0 Å². The molecule has 1 saturated carbocycles. The van der Waals surface area contributed by atoms with Crippen LogP contribution in [0.15, 0.2) is 16.5 Å². The number of piperidine rings is 1. The zero-order chi connectivity index (χ0) is 15.6. The van der Waals surface area contributed by atoms with Gasteiger partial charge in [0.2, 0.25) is 0 Å². The molecule has 0 radical (unpaired) electrons. The summed E-state index contributed by atoms with van der Waals surface area (Å²) in [6, 6.07) is 3.60. The maximum Gasteiger partial charge on any atom is 0.286 e. The van der Waals surface area contributed by atoms with Gasteiger partial charge in [0.05, 0.1) is 6.54 Å². The van der Waals surface area contributed by atoms with Gasteiger partial charge in [-0.25, -0.2) is 0 Å². The van der Waals surface area contributed by atoms with Crippen molar-refractivity contribution in [1.82, 2.24) is 10.2 Å². The first-order chi connectivity index (χ1) is 10.6. The number of nitrogens with one attached hydrogen (secondary N) is 1. The lowest BCUT2D eigenvalue weighted by molar-refractivity contribution is 0.0155. The van der Waals surface area contributed by atoms with Gasteiger partial charge in [0.25, 0.3) is 5.91 Å². The second-order valence-electron chi connectivity index (χ2n) is 6.96. The molecule has 2 aliphatic rings. The van der Waals surface area contributed by atoms with Crippen molar-refractivity contribution in [2.75, 3.05) is 26.7 Å². The average molecular weight is 306 g/mol. The van der Waals surface area contributed by atoms with Crippen LogP contribution in [-0.2, 0) is 6.54 Å². The third-order valence-electron chi connectivity index (χ3n) is 4.99. The molecule has 1 aliphatic carbocycles. The number of hydrogen-bond donors (Lipinski definition) is 2. The standard InChI is InChI=1S/C17H26N2O3/c1-18-16(21)15-6-5-14(22-15)10-19-8-2-7-17(11-19,12-20)9-13-3-4-13/h5-6,13,20H,2-4,7-12H2,1H3,(H,18,21)/t17-/m0/s1. The number of furan rings is 1. The maximum atomic E-state index is 11.5. The van der Waals surface area contributed by atoms with Crippen molar-refractivity contribution in [3.8, 4) is 0 Å². The Hall–Kier alpha value is -1.33. The molecule has 5 nitrogen and oxygen atoms in total. The number of carbonyl (C=O) groups is 1. The fourth-order valence-corrected chi connectivity index (χ4v) is 3.67. The summed E-state index contributed by atoms with van der Waals surface area (Å²) in [5.41, 5.74) is 0.0651. The molecular formula is C17H26N2O3. The predicted molar refractivity (Wildman–Crippen MR) is 83.5 cm³/mol. The molecule has 22 heavy (non-hydrogen) atoms. The van der Waals surface area contributed by atoms with Crippen molar-refractivity contribution in [2.24, 2.45) is 11.3 Å². The summed E-state index contributed by atoms with van der Waals surface area (Å²) in [5, 5.41) is 12.5. The minimum absolute atomic E-state index is 0.0651. The number of aliphatic hydroxyl groups is 1. The molecule has 2 N–H and O–H groups in total. The van der Waals surface area contributed by atoms with Crippen molar-refractivity contribution >= 4 is 5.91 Å². The largest absolute Gasteiger partial charge is 0.455 e. The minimum Gasteiger partial charge on any atom is -0.455 e. The number of likely N-dealkylation sites (tertiary alicyclic amines) is 1. The van der Waals surface area contributed by atoms with Crippen LogP contribution in [0, 0.1) is 11.3 Å². The predicted octanol–water partition coefficient (Wildman–Crippen LogP) is 2.01. The van der Waals surface area contributed by atoms with Crippen molar-refractivity contribution in [2.45, 2.75) is 38.6 Å². The number of nitrogens with zero attached hydrogens (tertiary/aromatic N) is 1. The van der Waals surface area contributed by atoms with E-state index in [1.807, 2.05) is 6.07 Å². The lowest BCUT2D eigenvalue weighted by Gasteiger charge is -2.42. The highest BCUT2D eigenvalue weighted by atomic mass is 16.4. The highest BCUT2D eigenvalue weighted by molar-refractivity contribution is 5.91. The molecule has 1 amide bonds. The molecule has 2 heterocycles. The summed E-state index contributed by atoms with van der Waals surface area (Å²) in [5.74, 6) is 1.82. The Balaban J connectivity index is 1.61. The maximum absolute atomic E-state index is 11.5. The minimum atomic E-state index is -0.191. The number of rotatable bonds is 6. The van der Waals surface area contributed by atoms with Crippen LogP contribution in [0.4, 0.5) is 0 Å². The Morgan fingerprint density at radius 2 is 2.32 bits per heavy atom. The van der Waals surface area contributed by atoms with Crippen LogP contribution in [0.1, 0.15) is 48.4 Å². The van der Waals surface area contributed by atoms with E-state index in [0.29, 0.717) is 12.3 Å². The summed E-state index contributed by atoms with van der Waals surface area (Å²) < 4.78 is 5.62. The van der Waals surface area contributed by atoms with E-state index in [1.54, 1.807) is 13.1 Å². The first-order valence-electron chi connectivity index (χ1n) is 8.28. The van der Waals surface area contributed by atoms with Gasteiger partial charge >= 0.3 is 0 Å². The summed E-state index contributed by atoms with van der Waals surface area (Å²) in [6.45, 7) is 2.95. The van der Waals surface area contributed by atoms with Gasteiger partial charge in [-0.3, -0.25) is 9.69 Å². The zero-order valence-electron chi connectivity index (χ0n) is 13.3. The second kappa shape index (κ2) is 6.42. The summed E-state index contributed by atoms with van der Waals surface area (Å²) in [7, 11) is 1.60. The van der Waals surface area contributed by atoms with E-state index in [4.69, 9.17) is 4.42 Å². The van der Waals surface area contributed by atoms with Crippen molar-refractivity contribution < 1.29 is 14.3 Å². The van der Waals surface area contributed by atoms with E-state index in [9.17, 15) is 9.90 Å². The first-order valence-corrected chi connectivity index (χ1v) is 8.28. The summed E-state index contributed by atoms with van der Waals surface area (Å²) in [4.78, 5) is 13.9. The molecule has 1 atom stereocenters. The van der Waals surface area contributed by atoms with E-state index in [0.717, 1.165) is 44.0 Å². The Morgan fingerprint density at radius 1 is 1.50 bits per heavy atom. The van der Waals surface area contributed by atoms with Gasteiger partial charge < -0.3 is 14.8 Å². The number of carbonyl (C=O) groups excluding carboxylic acids is 1. The molecule has 0 spiro atoms.